The number of piperidine rings is 1. The lowest BCUT2D eigenvalue weighted by molar-refractivity contribution is 0.0695. The van der Waals surface area contributed by atoms with E-state index in [0.29, 0.717) is 24.2 Å². The van der Waals surface area contributed by atoms with Gasteiger partial charge in [0.2, 0.25) is 5.88 Å². The highest BCUT2D eigenvalue weighted by Gasteiger charge is 2.28. The van der Waals surface area contributed by atoms with Gasteiger partial charge in [0.25, 0.3) is 5.91 Å². The minimum atomic E-state index is 0.0729. The van der Waals surface area contributed by atoms with Crippen LogP contribution in [0.5, 0.6) is 11.6 Å². The molecular formula is C24H29N3O4S. The van der Waals surface area contributed by atoms with Crippen LogP contribution in [0.4, 0.5) is 0 Å². The lowest BCUT2D eigenvalue weighted by Crippen LogP contribution is -2.38. The molecule has 8 heteroatoms. The number of carbonyl (C=O) groups is 1. The van der Waals surface area contributed by atoms with Crippen LogP contribution in [0.2, 0.25) is 0 Å². The Bertz CT molecular complexity index is 1090. The zero-order valence-electron chi connectivity index (χ0n) is 19.0. The highest BCUT2D eigenvalue weighted by Crippen LogP contribution is 2.36. The van der Waals surface area contributed by atoms with Gasteiger partial charge in [-0.15, -0.1) is 11.3 Å². The second-order valence-corrected chi connectivity index (χ2v) is 9.11. The van der Waals surface area contributed by atoms with E-state index in [2.05, 4.69) is 22.1 Å². The summed E-state index contributed by atoms with van der Waals surface area (Å²) in [6.07, 6.45) is 3.04. The highest BCUT2D eigenvalue weighted by atomic mass is 32.1. The van der Waals surface area contributed by atoms with E-state index in [1.165, 1.54) is 16.9 Å². The van der Waals surface area contributed by atoms with Gasteiger partial charge in [-0.2, -0.15) is 4.98 Å². The van der Waals surface area contributed by atoms with Crippen molar-refractivity contribution in [2.24, 2.45) is 5.92 Å². The lowest BCUT2D eigenvalue weighted by Gasteiger charge is -2.32. The third-order valence-electron chi connectivity index (χ3n) is 6.05. The summed E-state index contributed by atoms with van der Waals surface area (Å²) in [4.78, 5) is 25.8. The van der Waals surface area contributed by atoms with Crippen molar-refractivity contribution < 1.29 is 19.0 Å². The van der Waals surface area contributed by atoms with Gasteiger partial charge in [0.05, 0.1) is 24.5 Å². The molecule has 0 aliphatic carbocycles. The van der Waals surface area contributed by atoms with Crippen molar-refractivity contribution in [3.05, 3.63) is 46.1 Å². The van der Waals surface area contributed by atoms with E-state index in [-0.39, 0.29) is 5.91 Å². The number of benzene rings is 1. The van der Waals surface area contributed by atoms with E-state index in [9.17, 15) is 4.79 Å². The summed E-state index contributed by atoms with van der Waals surface area (Å²) >= 11 is 1.41. The first-order valence-electron chi connectivity index (χ1n) is 10.8. The molecule has 0 bridgehead atoms. The molecule has 0 radical (unpaired) electrons. The third-order valence-corrected chi connectivity index (χ3v) is 7.22. The van der Waals surface area contributed by atoms with Gasteiger partial charge in [-0.05, 0) is 55.4 Å². The van der Waals surface area contributed by atoms with Crippen LogP contribution in [0.15, 0.2) is 24.3 Å². The Morgan fingerprint density at radius 2 is 1.81 bits per heavy atom. The van der Waals surface area contributed by atoms with Crippen molar-refractivity contribution in [3.63, 3.8) is 0 Å². The van der Waals surface area contributed by atoms with Crippen molar-refractivity contribution in [1.82, 2.24) is 14.9 Å². The zero-order chi connectivity index (χ0) is 22.7. The molecule has 0 spiro atoms. The van der Waals surface area contributed by atoms with Gasteiger partial charge < -0.3 is 19.1 Å². The van der Waals surface area contributed by atoms with Crippen LogP contribution < -0.4 is 9.47 Å². The Balaban J connectivity index is 1.46. The number of rotatable bonds is 7. The summed E-state index contributed by atoms with van der Waals surface area (Å²) in [5.41, 5.74) is 2.20. The molecule has 1 amide bonds. The number of likely N-dealkylation sites (tertiary alicyclic amines) is 1. The van der Waals surface area contributed by atoms with E-state index < -0.39 is 0 Å². The van der Waals surface area contributed by atoms with Crippen molar-refractivity contribution in [2.45, 2.75) is 32.8 Å². The Hall–Kier alpha value is -2.71. The summed E-state index contributed by atoms with van der Waals surface area (Å²) in [6.45, 7) is 3.79. The predicted molar refractivity (Wildman–Crippen MR) is 125 cm³/mol. The van der Waals surface area contributed by atoms with Gasteiger partial charge in [0.15, 0.2) is 5.82 Å². The first-order chi connectivity index (χ1) is 15.5. The molecule has 1 aromatic carbocycles. The summed E-state index contributed by atoms with van der Waals surface area (Å²) in [7, 11) is 4.87. The topological polar surface area (TPSA) is 73.8 Å². The van der Waals surface area contributed by atoms with Crippen LogP contribution in [0.3, 0.4) is 0 Å². The summed E-state index contributed by atoms with van der Waals surface area (Å²) in [6, 6.07) is 8.27. The number of hydrogen-bond acceptors (Lipinski definition) is 7. The summed E-state index contributed by atoms with van der Waals surface area (Å²) in [5, 5.41) is 0.815. The number of ether oxygens (including phenoxy) is 3. The van der Waals surface area contributed by atoms with Crippen LogP contribution >= 0.6 is 11.3 Å². The monoisotopic (exact) mass is 455 g/mol. The van der Waals surface area contributed by atoms with Crippen LogP contribution in [0, 0.1) is 12.8 Å². The van der Waals surface area contributed by atoms with E-state index >= 15 is 0 Å². The molecule has 0 atom stereocenters. The van der Waals surface area contributed by atoms with Crippen molar-refractivity contribution in [2.75, 3.05) is 34.4 Å². The number of aryl methyl sites for hydroxylation is 1. The Morgan fingerprint density at radius 1 is 1.09 bits per heavy atom. The van der Waals surface area contributed by atoms with Gasteiger partial charge in [0.1, 0.15) is 17.2 Å². The van der Waals surface area contributed by atoms with E-state index in [1.54, 1.807) is 21.3 Å². The van der Waals surface area contributed by atoms with Crippen LogP contribution in [0.1, 0.15) is 39.5 Å². The molecule has 0 N–H and O–H groups in total. The standard InChI is InChI=1S/C24H29N3O4S/c1-15-20-22(31-4)25-19(14-29-2)26-23(20)32-21(15)24(28)27-11-9-17(10-12-27)13-16-5-7-18(30-3)8-6-16/h5-8,17H,9-14H2,1-4H3. The second kappa shape index (κ2) is 9.83. The predicted octanol–water partition coefficient (Wildman–Crippen LogP) is 4.26. The number of carbonyl (C=O) groups excluding carboxylic acids is 1. The molecule has 7 nitrogen and oxygen atoms in total. The average Bonchev–Trinajstić information content (AvgIpc) is 3.15. The maximum absolute atomic E-state index is 13.3. The quantitative estimate of drug-likeness (QED) is 0.530. The molecule has 32 heavy (non-hydrogen) atoms. The zero-order valence-corrected chi connectivity index (χ0v) is 19.8. The van der Waals surface area contributed by atoms with Gasteiger partial charge in [-0.1, -0.05) is 12.1 Å². The minimum Gasteiger partial charge on any atom is -0.497 e. The van der Waals surface area contributed by atoms with Crippen LogP contribution in [-0.2, 0) is 17.8 Å². The maximum Gasteiger partial charge on any atom is 0.264 e. The second-order valence-electron chi connectivity index (χ2n) is 8.11. The smallest absolute Gasteiger partial charge is 0.264 e. The largest absolute Gasteiger partial charge is 0.497 e. The normalized spacial score (nSPS) is 14.7. The van der Waals surface area contributed by atoms with Crippen molar-refractivity contribution in [1.29, 1.82) is 0 Å². The molecule has 0 saturated carbocycles. The molecular weight excluding hydrogens is 426 g/mol. The number of amides is 1. The molecule has 1 fully saturated rings. The first kappa shape index (κ1) is 22.5. The molecule has 1 aliphatic rings. The molecule has 3 aromatic rings. The number of aromatic nitrogens is 2. The van der Waals surface area contributed by atoms with Gasteiger partial charge in [-0.3, -0.25) is 4.79 Å². The lowest BCUT2D eigenvalue weighted by atomic mass is 9.90. The Morgan fingerprint density at radius 3 is 2.44 bits per heavy atom. The van der Waals surface area contributed by atoms with Crippen LogP contribution in [0.25, 0.3) is 10.2 Å². The molecule has 1 aliphatic heterocycles. The fourth-order valence-corrected chi connectivity index (χ4v) is 5.43. The highest BCUT2D eigenvalue weighted by molar-refractivity contribution is 7.20. The van der Waals surface area contributed by atoms with E-state index in [4.69, 9.17) is 14.2 Å². The fourth-order valence-electron chi connectivity index (χ4n) is 4.27. The maximum atomic E-state index is 13.3. The molecule has 3 heterocycles. The number of methoxy groups -OCH3 is 3. The number of hydrogen-bond donors (Lipinski definition) is 0. The van der Waals surface area contributed by atoms with Gasteiger partial charge in [-0.25, -0.2) is 4.98 Å². The van der Waals surface area contributed by atoms with E-state index in [0.717, 1.165) is 58.8 Å². The first-order valence-corrected chi connectivity index (χ1v) is 11.6. The summed E-state index contributed by atoms with van der Waals surface area (Å²) in [5.74, 6) is 2.58. The van der Waals surface area contributed by atoms with Crippen molar-refractivity contribution in [3.8, 4) is 11.6 Å². The third kappa shape index (κ3) is 4.56. The number of nitrogens with zero attached hydrogens (tertiary/aromatic N) is 3. The Kier molecular flexibility index (Phi) is 6.91. The minimum absolute atomic E-state index is 0.0729. The van der Waals surface area contributed by atoms with Crippen LogP contribution in [-0.4, -0.2) is 55.2 Å². The molecule has 2 aromatic heterocycles. The molecule has 0 unspecified atom stereocenters. The average molecular weight is 456 g/mol. The molecule has 1 saturated heterocycles. The van der Waals surface area contributed by atoms with E-state index in [1.807, 2.05) is 24.0 Å². The van der Waals surface area contributed by atoms with Gasteiger partial charge in [0, 0.05) is 20.2 Å². The SMILES string of the molecule is COCc1nc(OC)c2c(C)c(C(=O)N3CCC(Cc4ccc(OC)cc4)CC3)sc2n1. The number of fused-ring (bicyclic) bond motifs is 1. The van der Waals surface area contributed by atoms with Gasteiger partial charge >= 0.3 is 0 Å². The Labute approximate surface area is 192 Å². The van der Waals surface area contributed by atoms with Crippen molar-refractivity contribution >= 4 is 27.5 Å². The summed E-state index contributed by atoms with van der Waals surface area (Å²) < 4.78 is 15.9. The molecule has 170 valence electrons. The fraction of sp³-hybridized carbons (Fsp3) is 0.458. The number of thiophene rings is 1. The molecule has 4 rings (SSSR count).